The zero-order valence-corrected chi connectivity index (χ0v) is 6.08. The van der Waals surface area contributed by atoms with Gasteiger partial charge in [0.15, 0.2) is 0 Å². The third-order valence-corrected chi connectivity index (χ3v) is 2.23. The largest absolute Gasteiger partial charge is 0.396 e. The predicted octanol–water partition coefficient (Wildman–Crippen LogP) is -0.803. The van der Waals surface area contributed by atoms with E-state index in [2.05, 4.69) is 5.32 Å². The first kappa shape index (κ1) is 7.98. The van der Waals surface area contributed by atoms with Crippen LogP contribution in [0.1, 0.15) is 6.42 Å². The number of nitrogens with one attached hydrogen (secondary N) is 1. The van der Waals surface area contributed by atoms with Crippen molar-refractivity contribution in [3.63, 3.8) is 0 Å². The fourth-order valence-corrected chi connectivity index (χ4v) is 1.44. The molecule has 0 aliphatic carbocycles. The summed E-state index contributed by atoms with van der Waals surface area (Å²) >= 11 is 0. The molecule has 1 unspecified atom stereocenters. The summed E-state index contributed by atoms with van der Waals surface area (Å²) in [5.41, 5.74) is 0. The van der Waals surface area contributed by atoms with Crippen LogP contribution in [0.3, 0.4) is 0 Å². The van der Waals surface area contributed by atoms with Crippen LogP contribution in [0.4, 0.5) is 0 Å². The van der Waals surface area contributed by atoms with Gasteiger partial charge in [-0.1, -0.05) is 0 Å². The molecule has 0 saturated carbocycles. The molecular formula is C7H15NO2. The number of aliphatic hydroxyl groups excluding tert-OH is 2. The third-order valence-electron chi connectivity index (χ3n) is 2.23. The molecule has 0 aromatic heterocycles. The number of rotatable bonds is 3. The van der Waals surface area contributed by atoms with Crippen molar-refractivity contribution >= 4 is 0 Å². The molecule has 1 rings (SSSR count). The van der Waals surface area contributed by atoms with Crippen molar-refractivity contribution in [2.24, 2.45) is 11.8 Å². The van der Waals surface area contributed by atoms with Gasteiger partial charge >= 0.3 is 0 Å². The lowest BCUT2D eigenvalue weighted by molar-refractivity contribution is 0.112. The van der Waals surface area contributed by atoms with E-state index in [0.717, 1.165) is 19.5 Å². The van der Waals surface area contributed by atoms with Gasteiger partial charge in [-0.05, 0) is 25.4 Å². The Bertz CT molecular complexity index is 87.6. The molecular weight excluding hydrogens is 130 g/mol. The minimum atomic E-state index is 0.0926. The third kappa shape index (κ3) is 1.68. The maximum atomic E-state index is 8.80. The Labute approximate surface area is 61.1 Å². The molecule has 60 valence electrons. The molecule has 0 aromatic rings. The van der Waals surface area contributed by atoms with Gasteiger partial charge in [0.25, 0.3) is 0 Å². The van der Waals surface area contributed by atoms with Crippen LogP contribution in [0.25, 0.3) is 0 Å². The van der Waals surface area contributed by atoms with E-state index in [-0.39, 0.29) is 19.1 Å². The molecule has 1 heterocycles. The van der Waals surface area contributed by atoms with E-state index in [1.165, 1.54) is 0 Å². The van der Waals surface area contributed by atoms with Crippen LogP contribution >= 0.6 is 0 Å². The smallest absolute Gasteiger partial charge is 0.0484 e. The van der Waals surface area contributed by atoms with Crippen LogP contribution in [0.5, 0.6) is 0 Å². The first-order valence-electron chi connectivity index (χ1n) is 3.81. The molecule has 1 atom stereocenters. The van der Waals surface area contributed by atoms with E-state index in [0.29, 0.717) is 5.92 Å². The summed E-state index contributed by atoms with van der Waals surface area (Å²) in [6.07, 6.45) is 1.09. The molecule has 0 spiro atoms. The van der Waals surface area contributed by atoms with Crippen molar-refractivity contribution in [3.05, 3.63) is 0 Å². The topological polar surface area (TPSA) is 52.5 Å². The highest BCUT2D eigenvalue weighted by Gasteiger charge is 2.22. The van der Waals surface area contributed by atoms with Gasteiger partial charge in [0.05, 0.1) is 0 Å². The molecule has 0 radical (unpaired) electrons. The lowest BCUT2D eigenvalue weighted by atomic mass is 9.93. The number of hydrogen-bond acceptors (Lipinski definition) is 3. The molecule has 1 saturated heterocycles. The molecule has 1 aliphatic rings. The standard InChI is InChI=1S/C7H15NO2/c9-4-7(5-10)6-1-2-8-3-6/h6-10H,1-5H2. The number of hydrogen-bond donors (Lipinski definition) is 3. The normalized spacial score (nSPS) is 26.1. The lowest BCUT2D eigenvalue weighted by Crippen LogP contribution is -2.24. The first-order chi connectivity index (χ1) is 4.88. The van der Waals surface area contributed by atoms with Crippen LogP contribution in [-0.4, -0.2) is 36.5 Å². The van der Waals surface area contributed by atoms with Gasteiger partial charge in [-0.25, -0.2) is 0 Å². The molecule has 1 aliphatic heterocycles. The quantitative estimate of drug-likeness (QED) is 0.487. The summed E-state index contributed by atoms with van der Waals surface area (Å²) in [6, 6.07) is 0. The maximum Gasteiger partial charge on any atom is 0.0484 e. The fraction of sp³-hybridized carbons (Fsp3) is 1.00. The van der Waals surface area contributed by atoms with Gasteiger partial charge in [0.1, 0.15) is 0 Å². The minimum absolute atomic E-state index is 0.0926. The van der Waals surface area contributed by atoms with Gasteiger partial charge in [0.2, 0.25) is 0 Å². The molecule has 0 bridgehead atoms. The van der Waals surface area contributed by atoms with Crippen molar-refractivity contribution in [2.45, 2.75) is 6.42 Å². The summed E-state index contributed by atoms with van der Waals surface area (Å²) in [5.74, 6) is 0.574. The number of aliphatic hydroxyl groups is 2. The van der Waals surface area contributed by atoms with Gasteiger partial charge in [-0.15, -0.1) is 0 Å². The van der Waals surface area contributed by atoms with Gasteiger partial charge in [0, 0.05) is 19.1 Å². The average Bonchev–Trinajstić information content (AvgIpc) is 2.43. The second-order valence-corrected chi connectivity index (χ2v) is 2.88. The molecule has 0 aromatic carbocycles. The van der Waals surface area contributed by atoms with Crippen molar-refractivity contribution < 1.29 is 10.2 Å². The Morgan fingerprint density at radius 1 is 1.40 bits per heavy atom. The maximum absolute atomic E-state index is 8.80. The molecule has 10 heavy (non-hydrogen) atoms. The monoisotopic (exact) mass is 145 g/mol. The highest BCUT2D eigenvalue weighted by Crippen LogP contribution is 2.17. The van der Waals surface area contributed by atoms with E-state index in [9.17, 15) is 0 Å². The highest BCUT2D eigenvalue weighted by molar-refractivity contribution is 4.77. The molecule has 3 N–H and O–H groups in total. The Morgan fingerprint density at radius 2 is 2.10 bits per heavy atom. The van der Waals surface area contributed by atoms with Crippen molar-refractivity contribution in [2.75, 3.05) is 26.3 Å². The zero-order chi connectivity index (χ0) is 7.40. The summed E-state index contributed by atoms with van der Waals surface area (Å²) in [4.78, 5) is 0. The van der Waals surface area contributed by atoms with Crippen molar-refractivity contribution in [3.8, 4) is 0 Å². The Hall–Kier alpha value is -0.120. The van der Waals surface area contributed by atoms with Crippen molar-refractivity contribution in [1.82, 2.24) is 5.32 Å². The van der Waals surface area contributed by atoms with Crippen LogP contribution in [0, 0.1) is 11.8 Å². The molecule has 3 heteroatoms. The van der Waals surface area contributed by atoms with E-state index in [1.807, 2.05) is 0 Å². The Kier molecular flexibility index (Phi) is 3.12. The second kappa shape index (κ2) is 3.91. The first-order valence-corrected chi connectivity index (χ1v) is 3.81. The van der Waals surface area contributed by atoms with Gasteiger partial charge < -0.3 is 15.5 Å². The van der Waals surface area contributed by atoms with Gasteiger partial charge in [-0.2, -0.15) is 0 Å². The second-order valence-electron chi connectivity index (χ2n) is 2.88. The molecule has 0 amide bonds. The van der Waals surface area contributed by atoms with Crippen molar-refractivity contribution in [1.29, 1.82) is 0 Å². The van der Waals surface area contributed by atoms with E-state index in [1.54, 1.807) is 0 Å². The van der Waals surface area contributed by atoms with E-state index >= 15 is 0 Å². The Morgan fingerprint density at radius 3 is 2.50 bits per heavy atom. The SMILES string of the molecule is OCC(CO)C1CCNC1. The summed E-state index contributed by atoms with van der Waals surface area (Å²) in [7, 11) is 0. The summed E-state index contributed by atoms with van der Waals surface area (Å²) in [6.45, 7) is 2.21. The van der Waals surface area contributed by atoms with Gasteiger partial charge in [-0.3, -0.25) is 0 Å². The van der Waals surface area contributed by atoms with Crippen LogP contribution in [0.15, 0.2) is 0 Å². The average molecular weight is 145 g/mol. The lowest BCUT2D eigenvalue weighted by Gasteiger charge is -2.16. The van der Waals surface area contributed by atoms with Crippen LogP contribution in [-0.2, 0) is 0 Å². The van der Waals surface area contributed by atoms with Crippen LogP contribution < -0.4 is 5.32 Å². The van der Waals surface area contributed by atoms with Crippen LogP contribution in [0.2, 0.25) is 0 Å². The summed E-state index contributed by atoms with van der Waals surface area (Å²) < 4.78 is 0. The predicted molar refractivity (Wildman–Crippen MR) is 38.6 cm³/mol. The highest BCUT2D eigenvalue weighted by atomic mass is 16.3. The van der Waals surface area contributed by atoms with E-state index in [4.69, 9.17) is 10.2 Å². The summed E-state index contributed by atoms with van der Waals surface area (Å²) in [5, 5.41) is 20.8. The van der Waals surface area contributed by atoms with E-state index < -0.39 is 0 Å². The minimum Gasteiger partial charge on any atom is -0.396 e. The fourth-order valence-electron chi connectivity index (χ4n) is 1.44. The zero-order valence-electron chi connectivity index (χ0n) is 6.08. The molecule has 1 fully saturated rings. The molecule has 3 nitrogen and oxygen atoms in total. The Balaban J connectivity index is 2.29.